The summed E-state index contributed by atoms with van der Waals surface area (Å²) in [5, 5.41) is 10.1. The molecule has 9 heteroatoms. The minimum Gasteiger partial charge on any atom is -0.392 e. The number of carbonyl (C=O) groups excluding carboxylic acids is 1. The van der Waals surface area contributed by atoms with Crippen LogP contribution in [-0.4, -0.2) is 28.0 Å². The minimum absolute atomic E-state index is 0.297. The lowest BCUT2D eigenvalue weighted by atomic mass is 10.1. The number of pyridine rings is 3. The number of allylic oxidation sites excluding steroid dienone is 2. The molecule has 3 aromatic heterocycles. The van der Waals surface area contributed by atoms with E-state index in [0.29, 0.717) is 38.8 Å². The average molecular weight is 452 g/mol. The number of carbonyl (C=O) groups is 1. The quantitative estimate of drug-likeness (QED) is 0.401. The third-order valence-corrected chi connectivity index (χ3v) is 5.29. The second-order valence-corrected chi connectivity index (χ2v) is 7.66. The summed E-state index contributed by atoms with van der Waals surface area (Å²) in [5.41, 5.74) is 10.2. The fraction of sp³-hybridized carbons (Fsp3) is 0.217. The number of hydrogen-bond acceptors (Lipinski definition) is 6. The van der Waals surface area contributed by atoms with E-state index in [9.17, 15) is 4.79 Å². The number of nitrogens with one attached hydrogen (secondary N) is 3. The molecule has 166 valence electrons. The number of halogens is 1. The summed E-state index contributed by atoms with van der Waals surface area (Å²) in [4.78, 5) is 25.5. The molecule has 0 saturated heterocycles. The zero-order valence-corrected chi connectivity index (χ0v) is 19.2. The fourth-order valence-electron chi connectivity index (χ4n) is 3.07. The average Bonchev–Trinajstić information content (AvgIpc) is 2.76. The van der Waals surface area contributed by atoms with Gasteiger partial charge in [0, 0.05) is 48.2 Å². The Balaban J connectivity index is 1.94. The molecule has 8 nitrogen and oxygen atoms in total. The summed E-state index contributed by atoms with van der Waals surface area (Å²) < 4.78 is 0. The summed E-state index contributed by atoms with van der Waals surface area (Å²) >= 11 is 6.70. The summed E-state index contributed by atoms with van der Waals surface area (Å²) in [7, 11) is 1.77. The van der Waals surface area contributed by atoms with Crippen LogP contribution in [0.4, 0.5) is 16.4 Å². The second kappa shape index (κ2) is 10.1. The molecule has 0 unspecified atom stereocenters. The van der Waals surface area contributed by atoms with Gasteiger partial charge in [-0.3, -0.25) is 10.3 Å². The van der Waals surface area contributed by atoms with Gasteiger partial charge in [0.15, 0.2) is 0 Å². The molecule has 32 heavy (non-hydrogen) atoms. The van der Waals surface area contributed by atoms with E-state index in [1.807, 2.05) is 32.9 Å². The molecule has 3 rings (SSSR count). The van der Waals surface area contributed by atoms with Crippen LogP contribution in [0, 0.1) is 6.92 Å². The first-order valence-electron chi connectivity index (χ1n) is 10.1. The van der Waals surface area contributed by atoms with Gasteiger partial charge in [0.05, 0.1) is 16.4 Å². The van der Waals surface area contributed by atoms with Gasteiger partial charge in [0.2, 0.25) is 0 Å². The monoisotopic (exact) mass is 451 g/mol. The molecule has 0 radical (unpaired) electrons. The van der Waals surface area contributed by atoms with Crippen LogP contribution in [0.25, 0.3) is 22.0 Å². The zero-order valence-electron chi connectivity index (χ0n) is 18.5. The van der Waals surface area contributed by atoms with Gasteiger partial charge in [0.25, 0.3) is 0 Å². The predicted octanol–water partition coefficient (Wildman–Crippen LogP) is 4.77. The molecule has 0 atom stereocenters. The Morgan fingerprint density at radius 3 is 2.75 bits per heavy atom. The Bertz CT molecular complexity index is 1220. The van der Waals surface area contributed by atoms with Crippen LogP contribution in [0.3, 0.4) is 0 Å². The van der Waals surface area contributed by atoms with Crippen molar-refractivity contribution in [2.75, 3.05) is 18.1 Å². The van der Waals surface area contributed by atoms with Crippen LogP contribution in [0.5, 0.6) is 0 Å². The first-order chi connectivity index (χ1) is 15.3. The van der Waals surface area contributed by atoms with E-state index < -0.39 is 6.03 Å². The summed E-state index contributed by atoms with van der Waals surface area (Å²) in [6.45, 7) is 5.99. The number of anilines is 2. The van der Waals surface area contributed by atoms with Crippen molar-refractivity contribution in [2.24, 2.45) is 0 Å². The van der Waals surface area contributed by atoms with Crippen molar-refractivity contribution in [3.8, 4) is 11.3 Å². The van der Waals surface area contributed by atoms with E-state index in [1.54, 1.807) is 37.9 Å². The molecule has 0 aliphatic heterocycles. The Morgan fingerprint density at radius 1 is 1.28 bits per heavy atom. The highest BCUT2D eigenvalue weighted by Gasteiger charge is 2.16. The molecule has 0 fully saturated rings. The molecule has 0 saturated carbocycles. The van der Waals surface area contributed by atoms with Gasteiger partial charge in [-0.15, -0.1) is 0 Å². The molecular weight excluding hydrogens is 426 g/mol. The van der Waals surface area contributed by atoms with E-state index in [-0.39, 0.29) is 0 Å². The molecule has 0 bridgehead atoms. The fourth-order valence-corrected chi connectivity index (χ4v) is 3.37. The number of aromatic nitrogens is 3. The van der Waals surface area contributed by atoms with E-state index in [2.05, 4.69) is 30.9 Å². The first kappa shape index (κ1) is 23.0. The Morgan fingerprint density at radius 2 is 2.06 bits per heavy atom. The van der Waals surface area contributed by atoms with Gasteiger partial charge in [-0.1, -0.05) is 24.1 Å². The number of aryl methyl sites for hydroxylation is 1. The van der Waals surface area contributed by atoms with Crippen LogP contribution in [0.1, 0.15) is 25.8 Å². The molecule has 0 spiro atoms. The smallest absolute Gasteiger partial charge is 0.324 e. The lowest BCUT2D eigenvalue weighted by Crippen LogP contribution is -2.28. The number of amides is 2. The van der Waals surface area contributed by atoms with Gasteiger partial charge in [-0.05, 0) is 44.0 Å². The van der Waals surface area contributed by atoms with Gasteiger partial charge in [-0.2, -0.15) is 0 Å². The number of hydrogen-bond donors (Lipinski definition) is 4. The largest absolute Gasteiger partial charge is 0.392 e. The van der Waals surface area contributed by atoms with Crippen LogP contribution in [0.15, 0.2) is 54.3 Å². The maximum absolute atomic E-state index is 12.6. The molecule has 5 N–H and O–H groups in total. The number of nitrogen functional groups attached to an aromatic ring is 1. The lowest BCUT2D eigenvalue weighted by molar-refractivity contribution is 0.254. The first-order valence-corrected chi connectivity index (χ1v) is 10.5. The van der Waals surface area contributed by atoms with Crippen molar-refractivity contribution in [3.05, 3.63) is 64.9 Å². The molecule has 0 aliphatic carbocycles. The number of fused-ring (bicyclic) bond motifs is 1. The normalized spacial score (nSPS) is 12.0. The molecule has 0 aromatic carbocycles. The van der Waals surface area contributed by atoms with Gasteiger partial charge in [0.1, 0.15) is 11.6 Å². The van der Waals surface area contributed by atoms with Crippen molar-refractivity contribution in [1.82, 2.24) is 25.6 Å². The number of nitrogens with zero attached hydrogens (tertiary/aromatic N) is 3. The van der Waals surface area contributed by atoms with Gasteiger partial charge >= 0.3 is 6.03 Å². The van der Waals surface area contributed by atoms with Crippen molar-refractivity contribution in [2.45, 2.75) is 27.2 Å². The summed E-state index contributed by atoms with van der Waals surface area (Å²) in [6, 6.07) is 3.13. The van der Waals surface area contributed by atoms with Gasteiger partial charge in [-0.25, -0.2) is 14.8 Å². The highest BCUT2D eigenvalue weighted by atomic mass is 35.5. The van der Waals surface area contributed by atoms with E-state index in [4.69, 9.17) is 17.3 Å². The van der Waals surface area contributed by atoms with Crippen molar-refractivity contribution in [3.63, 3.8) is 0 Å². The number of rotatable bonds is 6. The maximum atomic E-state index is 12.6. The molecule has 3 aromatic rings. The van der Waals surface area contributed by atoms with Crippen molar-refractivity contribution < 1.29 is 4.79 Å². The number of urea groups is 1. The molecule has 0 aliphatic rings. The van der Waals surface area contributed by atoms with E-state index in [0.717, 1.165) is 23.1 Å². The minimum atomic E-state index is -0.431. The Labute approximate surface area is 192 Å². The highest BCUT2D eigenvalue weighted by molar-refractivity contribution is 6.38. The molecular formula is C23H26ClN7O. The topological polar surface area (TPSA) is 118 Å². The van der Waals surface area contributed by atoms with E-state index in [1.165, 1.54) is 0 Å². The summed E-state index contributed by atoms with van der Waals surface area (Å²) in [5.74, 6) is 0.627. The third kappa shape index (κ3) is 5.15. The Hall–Kier alpha value is -3.65. The zero-order chi connectivity index (χ0) is 23.3. The van der Waals surface area contributed by atoms with Crippen LogP contribution in [0.2, 0.25) is 5.02 Å². The molecule has 2 amide bonds. The van der Waals surface area contributed by atoms with Crippen LogP contribution in [-0.2, 0) is 0 Å². The van der Waals surface area contributed by atoms with E-state index >= 15 is 0 Å². The lowest BCUT2D eigenvalue weighted by Gasteiger charge is -2.13. The van der Waals surface area contributed by atoms with Crippen molar-refractivity contribution in [1.29, 1.82) is 0 Å². The van der Waals surface area contributed by atoms with Crippen LogP contribution < -0.4 is 21.7 Å². The standard InChI is InChI=1S/C23H26ClN7O/c1-5-13(2)8-15(10-26-4)29-23(32)30-19-9-16-18(12-28-19)22(25)31-21(20(16)24)17-11-27-7-6-14(17)3/h6-12,26H,5H2,1-4H3,(H2,25,31)(H2,28,29,30,32)/b13-8?,15-10+. The van der Waals surface area contributed by atoms with Gasteiger partial charge < -0.3 is 16.4 Å². The highest BCUT2D eigenvalue weighted by Crippen LogP contribution is 2.36. The second-order valence-electron chi connectivity index (χ2n) is 7.28. The van der Waals surface area contributed by atoms with Crippen molar-refractivity contribution >= 4 is 40.0 Å². The number of nitrogens with two attached hydrogens (primary N) is 1. The predicted molar refractivity (Wildman–Crippen MR) is 130 cm³/mol. The molecule has 3 heterocycles. The SMILES string of the molecule is CCC(C)=C/C(=C\NC)NC(=O)Nc1cc2c(Cl)c(-c3cnccc3C)nc(N)c2cn1. The maximum Gasteiger partial charge on any atom is 0.324 e. The Kier molecular flexibility index (Phi) is 7.27. The van der Waals surface area contributed by atoms with Crippen LogP contribution >= 0.6 is 11.6 Å². The third-order valence-electron chi connectivity index (χ3n) is 4.91. The summed E-state index contributed by atoms with van der Waals surface area (Å²) in [6.07, 6.45) is 9.43.